The predicted molar refractivity (Wildman–Crippen MR) is 90.0 cm³/mol. The summed E-state index contributed by atoms with van der Waals surface area (Å²) in [5, 5.41) is 13.6. The summed E-state index contributed by atoms with van der Waals surface area (Å²) in [6.45, 7) is 3.40. The summed E-state index contributed by atoms with van der Waals surface area (Å²) in [5.41, 5.74) is 1.85. The lowest BCUT2D eigenvalue weighted by Crippen LogP contribution is -2.32. The molecule has 2 N–H and O–H groups in total. The number of methoxy groups -OCH3 is 3. The summed E-state index contributed by atoms with van der Waals surface area (Å²) in [4.78, 5) is 24.8. The van der Waals surface area contributed by atoms with E-state index in [0.29, 0.717) is 17.0 Å². The summed E-state index contributed by atoms with van der Waals surface area (Å²) in [6, 6.07) is 4.88. The van der Waals surface area contributed by atoms with Crippen LogP contribution in [0.5, 0.6) is 11.5 Å². The van der Waals surface area contributed by atoms with Crippen molar-refractivity contribution in [1.82, 2.24) is 5.32 Å². The normalized spacial score (nSPS) is 14.9. The van der Waals surface area contributed by atoms with Crippen LogP contribution in [0.3, 0.4) is 0 Å². The number of phenolic OH excluding ortho intramolecular Hbond substituents is 1. The van der Waals surface area contributed by atoms with E-state index in [0.717, 1.165) is 0 Å². The number of hydrogen-bond acceptors (Lipinski definition) is 7. The lowest BCUT2D eigenvalue weighted by molar-refractivity contribution is -0.137. The standard InChI is InChI=1S/C18H21NO6/c1-9-13(17(21)24-4)15(14(10(2)19-9)18(22)25-5)11-7-6-8-12(23-3)16(11)20/h6-8,15,19-20H,1-5H3. The van der Waals surface area contributed by atoms with Crippen LogP contribution < -0.4 is 10.1 Å². The summed E-state index contributed by atoms with van der Waals surface area (Å²) >= 11 is 0. The molecule has 0 saturated heterocycles. The second kappa shape index (κ2) is 7.29. The van der Waals surface area contributed by atoms with Crippen molar-refractivity contribution in [1.29, 1.82) is 0 Å². The van der Waals surface area contributed by atoms with Gasteiger partial charge in [0.15, 0.2) is 11.5 Å². The first-order valence-corrected chi connectivity index (χ1v) is 7.58. The molecule has 0 radical (unpaired) electrons. The zero-order valence-electron chi connectivity index (χ0n) is 14.8. The summed E-state index contributed by atoms with van der Waals surface area (Å²) in [7, 11) is 3.94. The molecule has 0 saturated carbocycles. The number of carbonyl (C=O) groups is 2. The number of rotatable bonds is 4. The van der Waals surface area contributed by atoms with Crippen LogP contribution in [0.2, 0.25) is 0 Å². The van der Waals surface area contributed by atoms with Crippen molar-refractivity contribution in [3.63, 3.8) is 0 Å². The Balaban J connectivity index is 2.78. The molecule has 0 aliphatic carbocycles. The second-order valence-electron chi connectivity index (χ2n) is 5.52. The minimum Gasteiger partial charge on any atom is -0.504 e. The number of para-hydroxylation sites is 1. The molecule has 1 aromatic rings. The SMILES string of the molecule is COC(=O)C1=C(C)NC(C)=C(C(=O)OC)C1c1cccc(OC)c1O. The molecule has 0 spiro atoms. The van der Waals surface area contributed by atoms with Crippen molar-refractivity contribution < 1.29 is 28.9 Å². The quantitative estimate of drug-likeness (QED) is 0.804. The smallest absolute Gasteiger partial charge is 0.336 e. The van der Waals surface area contributed by atoms with Gasteiger partial charge in [-0.3, -0.25) is 0 Å². The van der Waals surface area contributed by atoms with Crippen molar-refractivity contribution in [2.45, 2.75) is 19.8 Å². The number of dihydropyridines is 1. The van der Waals surface area contributed by atoms with Crippen LogP contribution >= 0.6 is 0 Å². The van der Waals surface area contributed by atoms with E-state index < -0.39 is 17.9 Å². The molecule has 0 atom stereocenters. The lowest BCUT2D eigenvalue weighted by atomic mass is 9.80. The van der Waals surface area contributed by atoms with Crippen molar-refractivity contribution in [2.75, 3.05) is 21.3 Å². The Morgan fingerprint density at radius 2 is 1.52 bits per heavy atom. The van der Waals surface area contributed by atoms with Crippen LogP contribution in [0.25, 0.3) is 0 Å². The Kier molecular flexibility index (Phi) is 5.36. The van der Waals surface area contributed by atoms with Crippen LogP contribution in [0.15, 0.2) is 40.7 Å². The van der Waals surface area contributed by atoms with Crippen molar-refractivity contribution in [3.8, 4) is 11.5 Å². The number of hydrogen-bond donors (Lipinski definition) is 2. The Labute approximate surface area is 145 Å². The molecular formula is C18H21NO6. The van der Waals surface area contributed by atoms with Crippen molar-refractivity contribution in [3.05, 3.63) is 46.3 Å². The van der Waals surface area contributed by atoms with Gasteiger partial charge in [0.05, 0.1) is 38.4 Å². The number of aromatic hydroxyl groups is 1. The minimum absolute atomic E-state index is 0.152. The number of allylic oxidation sites excluding steroid dienone is 2. The largest absolute Gasteiger partial charge is 0.504 e. The molecule has 1 aliphatic heterocycles. The number of esters is 2. The van der Waals surface area contributed by atoms with E-state index in [1.165, 1.54) is 21.3 Å². The minimum atomic E-state index is -0.851. The second-order valence-corrected chi connectivity index (χ2v) is 5.52. The molecule has 134 valence electrons. The Morgan fingerprint density at radius 3 is 1.96 bits per heavy atom. The number of ether oxygens (including phenoxy) is 3. The number of benzene rings is 1. The zero-order chi connectivity index (χ0) is 18.7. The van der Waals surface area contributed by atoms with E-state index in [2.05, 4.69) is 5.32 Å². The third-order valence-electron chi connectivity index (χ3n) is 4.13. The topological polar surface area (TPSA) is 94.1 Å². The van der Waals surface area contributed by atoms with Gasteiger partial charge in [-0.15, -0.1) is 0 Å². The van der Waals surface area contributed by atoms with Crippen molar-refractivity contribution >= 4 is 11.9 Å². The van der Waals surface area contributed by atoms with Gasteiger partial charge in [-0.05, 0) is 19.9 Å². The fraction of sp³-hybridized carbons (Fsp3) is 0.333. The van der Waals surface area contributed by atoms with Gasteiger partial charge in [-0.1, -0.05) is 12.1 Å². The summed E-state index contributed by atoms with van der Waals surface area (Å²) in [5.74, 6) is -1.98. The monoisotopic (exact) mass is 347 g/mol. The average molecular weight is 347 g/mol. The highest BCUT2D eigenvalue weighted by atomic mass is 16.5. The first-order valence-electron chi connectivity index (χ1n) is 7.58. The molecule has 0 fully saturated rings. The lowest BCUT2D eigenvalue weighted by Gasteiger charge is -2.30. The predicted octanol–water partition coefficient (Wildman–Crippen LogP) is 1.98. The molecular weight excluding hydrogens is 326 g/mol. The maximum Gasteiger partial charge on any atom is 0.336 e. The Bertz CT molecular complexity index is 740. The van der Waals surface area contributed by atoms with Gasteiger partial charge in [0.2, 0.25) is 0 Å². The molecule has 1 aromatic carbocycles. The third-order valence-corrected chi connectivity index (χ3v) is 4.13. The third kappa shape index (κ3) is 3.17. The molecule has 2 rings (SSSR count). The van der Waals surface area contributed by atoms with Gasteiger partial charge in [0, 0.05) is 17.0 Å². The van der Waals surface area contributed by atoms with E-state index in [-0.39, 0.29) is 22.6 Å². The van der Waals surface area contributed by atoms with Gasteiger partial charge in [-0.25, -0.2) is 9.59 Å². The average Bonchev–Trinajstić information content (AvgIpc) is 2.60. The highest BCUT2D eigenvalue weighted by Crippen LogP contribution is 2.44. The van der Waals surface area contributed by atoms with E-state index in [4.69, 9.17) is 14.2 Å². The van der Waals surface area contributed by atoms with Gasteiger partial charge in [0.25, 0.3) is 0 Å². The summed E-state index contributed by atoms with van der Waals surface area (Å²) in [6.07, 6.45) is 0. The van der Waals surface area contributed by atoms with Crippen LogP contribution in [-0.4, -0.2) is 38.4 Å². The molecule has 0 aromatic heterocycles. The molecule has 0 amide bonds. The van der Waals surface area contributed by atoms with Crippen LogP contribution in [-0.2, 0) is 19.1 Å². The van der Waals surface area contributed by atoms with Gasteiger partial charge < -0.3 is 24.6 Å². The van der Waals surface area contributed by atoms with Crippen LogP contribution in [0.1, 0.15) is 25.3 Å². The molecule has 0 bridgehead atoms. The highest BCUT2D eigenvalue weighted by molar-refractivity contribution is 6.00. The molecule has 7 heteroatoms. The van der Waals surface area contributed by atoms with Gasteiger partial charge in [0.1, 0.15) is 0 Å². The molecule has 1 heterocycles. The molecule has 25 heavy (non-hydrogen) atoms. The first-order chi connectivity index (χ1) is 11.9. The maximum atomic E-state index is 12.4. The Morgan fingerprint density at radius 1 is 1.00 bits per heavy atom. The van der Waals surface area contributed by atoms with E-state index in [1.54, 1.807) is 32.0 Å². The molecule has 7 nitrogen and oxygen atoms in total. The molecule has 0 unspecified atom stereocenters. The van der Waals surface area contributed by atoms with Gasteiger partial charge in [-0.2, -0.15) is 0 Å². The number of nitrogens with one attached hydrogen (secondary N) is 1. The number of phenols is 1. The summed E-state index contributed by atoms with van der Waals surface area (Å²) < 4.78 is 14.9. The fourth-order valence-corrected chi connectivity index (χ4v) is 3.00. The zero-order valence-corrected chi connectivity index (χ0v) is 14.8. The van der Waals surface area contributed by atoms with E-state index in [9.17, 15) is 14.7 Å². The molecule has 1 aliphatic rings. The highest BCUT2D eigenvalue weighted by Gasteiger charge is 2.39. The first kappa shape index (κ1) is 18.4. The van der Waals surface area contributed by atoms with Gasteiger partial charge >= 0.3 is 11.9 Å². The van der Waals surface area contributed by atoms with Crippen LogP contribution in [0, 0.1) is 0 Å². The number of carbonyl (C=O) groups excluding carboxylic acids is 2. The van der Waals surface area contributed by atoms with Crippen molar-refractivity contribution in [2.24, 2.45) is 0 Å². The van der Waals surface area contributed by atoms with E-state index in [1.807, 2.05) is 0 Å². The maximum absolute atomic E-state index is 12.4. The van der Waals surface area contributed by atoms with Crippen LogP contribution in [0.4, 0.5) is 0 Å². The van der Waals surface area contributed by atoms with E-state index >= 15 is 0 Å². The Hall–Kier alpha value is -2.96. The fourth-order valence-electron chi connectivity index (χ4n) is 3.00.